The number of thioether (sulfide) groups is 1. The smallest absolute Gasteiger partial charge is 0.251 e. The minimum Gasteiger partial charge on any atom is -0.342 e. The summed E-state index contributed by atoms with van der Waals surface area (Å²) in [7, 11) is 0. The van der Waals surface area contributed by atoms with Crippen molar-refractivity contribution >= 4 is 40.3 Å². The molecular weight excluding hydrogens is 468 g/mol. The Balaban J connectivity index is 1.43. The summed E-state index contributed by atoms with van der Waals surface area (Å²) in [6, 6.07) is 22.9. The number of carbonyl (C=O) groups excluding carboxylic acids is 2. The molecule has 2 N–H and O–H groups in total. The summed E-state index contributed by atoms with van der Waals surface area (Å²) in [6.45, 7) is 0.115. The first-order valence-electron chi connectivity index (χ1n) is 12.3. The molecule has 0 fully saturated rings. The van der Waals surface area contributed by atoms with Crippen molar-refractivity contribution in [2.24, 2.45) is 0 Å². The van der Waals surface area contributed by atoms with Crippen LogP contribution in [0.3, 0.4) is 0 Å². The Labute approximate surface area is 215 Å². The molecule has 1 heterocycles. The molecule has 7 heteroatoms. The quantitative estimate of drug-likeness (QED) is 0.325. The maximum atomic E-state index is 13.2. The Morgan fingerprint density at radius 1 is 1.00 bits per heavy atom. The van der Waals surface area contributed by atoms with E-state index < -0.39 is 0 Å². The molecule has 6 nitrogen and oxygen atoms in total. The normalized spacial score (nSPS) is 13.4. The van der Waals surface area contributed by atoms with Crippen molar-refractivity contribution in [2.75, 3.05) is 17.3 Å². The van der Waals surface area contributed by atoms with Gasteiger partial charge in [-0.2, -0.15) is 11.8 Å². The molecule has 2 amide bonds. The van der Waals surface area contributed by atoms with Crippen LogP contribution in [0.4, 0.5) is 5.69 Å². The molecule has 0 radical (unpaired) electrons. The number of carbonyl (C=O) groups is 2. The lowest BCUT2D eigenvalue weighted by Crippen LogP contribution is -2.32. The summed E-state index contributed by atoms with van der Waals surface area (Å²) in [5.41, 5.74) is 5.80. The highest BCUT2D eigenvalue weighted by Gasteiger charge is 2.24. The molecule has 1 aromatic heterocycles. The number of aromatic nitrogens is 2. The second kappa shape index (κ2) is 11.0. The fourth-order valence-electron chi connectivity index (χ4n) is 4.85. The molecule has 4 aromatic rings. The van der Waals surface area contributed by atoms with Crippen LogP contribution in [0.25, 0.3) is 11.0 Å². The van der Waals surface area contributed by atoms with Crippen molar-refractivity contribution in [3.8, 4) is 0 Å². The predicted molar refractivity (Wildman–Crippen MR) is 146 cm³/mol. The Morgan fingerprint density at radius 3 is 2.61 bits per heavy atom. The average Bonchev–Trinajstić information content (AvgIpc) is 3.51. The van der Waals surface area contributed by atoms with Crippen LogP contribution in [0.15, 0.2) is 72.8 Å². The summed E-state index contributed by atoms with van der Waals surface area (Å²) >= 11 is 1.72. The van der Waals surface area contributed by atoms with Crippen molar-refractivity contribution < 1.29 is 9.59 Å². The minimum absolute atomic E-state index is 0.115. The van der Waals surface area contributed by atoms with Gasteiger partial charge in [0.1, 0.15) is 12.4 Å². The molecule has 184 valence electrons. The molecule has 0 spiro atoms. The van der Waals surface area contributed by atoms with Gasteiger partial charge in [-0.05, 0) is 85.2 Å². The van der Waals surface area contributed by atoms with Gasteiger partial charge in [-0.15, -0.1) is 0 Å². The molecule has 5 rings (SSSR count). The first-order chi connectivity index (χ1) is 17.6. The SMILES string of the molecule is CSCC[C@@H](NC(=O)c1ccccc1)c1nc2ccccc2n1CC(=O)Nc1ccc2c(c1)CCC2. The summed E-state index contributed by atoms with van der Waals surface area (Å²) in [6.07, 6.45) is 6.09. The molecule has 1 atom stereocenters. The predicted octanol–water partition coefficient (Wildman–Crippen LogP) is 5.39. The van der Waals surface area contributed by atoms with Crippen LogP contribution < -0.4 is 10.6 Å². The third-order valence-corrected chi connectivity index (χ3v) is 7.28. The minimum atomic E-state index is -0.328. The molecule has 0 aliphatic heterocycles. The summed E-state index contributed by atoms with van der Waals surface area (Å²) in [5.74, 6) is 1.28. The molecule has 1 aliphatic rings. The van der Waals surface area contributed by atoms with E-state index in [9.17, 15) is 9.59 Å². The van der Waals surface area contributed by atoms with E-state index in [4.69, 9.17) is 4.98 Å². The number of nitrogens with zero attached hydrogens (tertiary/aromatic N) is 2. The van der Waals surface area contributed by atoms with E-state index in [2.05, 4.69) is 22.8 Å². The van der Waals surface area contributed by atoms with Gasteiger partial charge in [0, 0.05) is 11.3 Å². The summed E-state index contributed by atoms with van der Waals surface area (Å²) in [4.78, 5) is 31.1. The summed E-state index contributed by atoms with van der Waals surface area (Å²) in [5, 5.41) is 6.24. The van der Waals surface area contributed by atoms with Crippen LogP contribution in [-0.4, -0.2) is 33.4 Å². The number of anilines is 1. The van der Waals surface area contributed by atoms with Gasteiger partial charge >= 0.3 is 0 Å². The van der Waals surface area contributed by atoms with Gasteiger partial charge in [-0.3, -0.25) is 9.59 Å². The number of rotatable bonds is 9. The zero-order valence-corrected chi connectivity index (χ0v) is 21.2. The third kappa shape index (κ3) is 5.31. The fraction of sp³-hybridized carbons (Fsp3) is 0.276. The molecule has 0 saturated carbocycles. The fourth-order valence-corrected chi connectivity index (χ4v) is 5.32. The van der Waals surface area contributed by atoms with E-state index in [0.29, 0.717) is 17.8 Å². The molecular formula is C29H30N4O2S. The monoisotopic (exact) mass is 498 g/mol. The van der Waals surface area contributed by atoms with Crippen molar-refractivity contribution in [3.05, 3.63) is 95.3 Å². The van der Waals surface area contributed by atoms with Crippen LogP contribution in [0, 0.1) is 0 Å². The zero-order chi connectivity index (χ0) is 24.9. The van der Waals surface area contributed by atoms with Crippen LogP contribution in [-0.2, 0) is 24.2 Å². The van der Waals surface area contributed by atoms with Gasteiger partial charge in [0.15, 0.2) is 0 Å². The number of para-hydroxylation sites is 2. The van der Waals surface area contributed by atoms with E-state index in [1.165, 1.54) is 17.5 Å². The van der Waals surface area contributed by atoms with E-state index in [1.807, 2.05) is 59.4 Å². The highest BCUT2D eigenvalue weighted by atomic mass is 32.2. The number of aryl methyl sites for hydroxylation is 2. The number of nitrogens with one attached hydrogen (secondary N) is 2. The summed E-state index contributed by atoms with van der Waals surface area (Å²) < 4.78 is 1.94. The Bertz CT molecular complexity index is 1380. The maximum absolute atomic E-state index is 13.2. The number of fused-ring (bicyclic) bond motifs is 2. The lowest BCUT2D eigenvalue weighted by Gasteiger charge is -2.20. The Hall–Kier alpha value is -3.58. The van der Waals surface area contributed by atoms with E-state index in [0.717, 1.165) is 35.3 Å². The standard InChI is InChI=1S/C29H30N4O2S/c1-36-17-16-25(32-29(35)21-8-3-2-4-9-21)28-31-24-12-5-6-13-26(24)33(28)19-27(34)30-23-15-14-20-10-7-11-22(20)18-23/h2-6,8-9,12-15,18,25H,7,10-11,16-17,19H2,1H3,(H,30,34)(H,32,35)/t25-/m1/s1. The third-order valence-electron chi connectivity index (χ3n) is 6.63. The number of hydrogen-bond donors (Lipinski definition) is 2. The molecule has 0 saturated heterocycles. The lowest BCUT2D eigenvalue weighted by molar-refractivity contribution is -0.116. The first-order valence-corrected chi connectivity index (χ1v) is 13.7. The number of amides is 2. The molecule has 36 heavy (non-hydrogen) atoms. The molecule has 0 bridgehead atoms. The zero-order valence-electron chi connectivity index (χ0n) is 20.4. The second-order valence-corrected chi connectivity index (χ2v) is 10.1. The topological polar surface area (TPSA) is 76.0 Å². The highest BCUT2D eigenvalue weighted by Crippen LogP contribution is 2.27. The van der Waals surface area contributed by atoms with Crippen molar-refractivity contribution in [2.45, 2.75) is 38.3 Å². The first kappa shape index (κ1) is 24.1. The van der Waals surface area contributed by atoms with Crippen LogP contribution in [0.5, 0.6) is 0 Å². The number of benzene rings is 3. The van der Waals surface area contributed by atoms with E-state index >= 15 is 0 Å². The van der Waals surface area contributed by atoms with Crippen molar-refractivity contribution in [3.63, 3.8) is 0 Å². The average molecular weight is 499 g/mol. The van der Waals surface area contributed by atoms with Crippen LogP contribution in [0.2, 0.25) is 0 Å². The molecule has 0 unspecified atom stereocenters. The van der Waals surface area contributed by atoms with Crippen LogP contribution >= 0.6 is 11.8 Å². The number of hydrogen-bond acceptors (Lipinski definition) is 4. The maximum Gasteiger partial charge on any atom is 0.251 e. The van der Waals surface area contributed by atoms with Crippen molar-refractivity contribution in [1.82, 2.24) is 14.9 Å². The van der Waals surface area contributed by atoms with Gasteiger partial charge in [0.05, 0.1) is 17.1 Å². The van der Waals surface area contributed by atoms with Gasteiger partial charge in [-0.1, -0.05) is 36.4 Å². The van der Waals surface area contributed by atoms with Gasteiger partial charge in [-0.25, -0.2) is 4.98 Å². The van der Waals surface area contributed by atoms with E-state index in [-0.39, 0.29) is 24.4 Å². The molecule has 1 aliphatic carbocycles. The van der Waals surface area contributed by atoms with Gasteiger partial charge in [0.25, 0.3) is 5.91 Å². The van der Waals surface area contributed by atoms with Gasteiger partial charge in [0.2, 0.25) is 5.91 Å². The van der Waals surface area contributed by atoms with Crippen LogP contribution in [0.1, 0.15) is 46.2 Å². The largest absolute Gasteiger partial charge is 0.342 e. The second-order valence-electron chi connectivity index (χ2n) is 9.10. The lowest BCUT2D eigenvalue weighted by atomic mass is 10.1. The van der Waals surface area contributed by atoms with Crippen molar-refractivity contribution in [1.29, 1.82) is 0 Å². The highest BCUT2D eigenvalue weighted by molar-refractivity contribution is 7.98. The Kier molecular flexibility index (Phi) is 7.37. The van der Waals surface area contributed by atoms with Gasteiger partial charge < -0.3 is 15.2 Å². The molecule has 3 aromatic carbocycles. The Morgan fingerprint density at radius 2 is 1.78 bits per heavy atom. The van der Waals surface area contributed by atoms with E-state index in [1.54, 1.807) is 23.9 Å². The number of imidazole rings is 1.